The summed E-state index contributed by atoms with van der Waals surface area (Å²) >= 11 is 1.14. The molecule has 4 heterocycles. The number of fused-ring (bicyclic) bond motifs is 4. The number of aliphatic imine (C=N–C) groups is 1. The third-order valence-corrected chi connectivity index (χ3v) is 7.78. The van der Waals surface area contributed by atoms with Crippen LogP contribution in [0.4, 0.5) is 20.2 Å². The summed E-state index contributed by atoms with van der Waals surface area (Å²) in [7, 11) is -3.52. The van der Waals surface area contributed by atoms with Crippen LogP contribution in [0.5, 0.6) is 0 Å². The molecule has 20 nitrogen and oxygen atoms in total. The summed E-state index contributed by atoms with van der Waals surface area (Å²) < 4.78 is 49.2. The lowest BCUT2D eigenvalue weighted by molar-refractivity contribution is -0.161. The van der Waals surface area contributed by atoms with E-state index in [1.165, 1.54) is 29.6 Å². The van der Waals surface area contributed by atoms with Gasteiger partial charge in [0.05, 0.1) is 25.0 Å². The third-order valence-electron chi connectivity index (χ3n) is 6.60. The second-order valence-corrected chi connectivity index (χ2v) is 15.4. The van der Waals surface area contributed by atoms with Gasteiger partial charge in [-0.2, -0.15) is 18.6 Å². The minimum atomic E-state index is -5.09. The van der Waals surface area contributed by atoms with Crippen molar-refractivity contribution in [3.05, 3.63) is 27.8 Å². The van der Waals surface area contributed by atoms with E-state index in [9.17, 15) is 32.1 Å². The van der Waals surface area contributed by atoms with Crippen molar-refractivity contribution in [1.82, 2.24) is 35.5 Å². The number of anilines is 1. The molecule has 0 unspecified atom stereocenters. The Bertz CT molecular complexity index is 1760. The summed E-state index contributed by atoms with van der Waals surface area (Å²) in [6.07, 6.45) is -0.425. The standard InChI is InChI=1S/C27H39N9O11S2/c1-25(2,3)44-21(37)27(7,8)32-23(39)46-33-20(28-11-17-30-16(13-48-17)31-22(38)45-26(4,5)6)19-18-14(10-29-34(18)9)15-12-35(19)24(40)36(15)47-49(41,42)43/h10,13,15,19H,11-12H2,1-9H3,(H,28,33)(H,31,38)(H,32,39)(H,41,42,43)/t15-,19-/m0/s1. The van der Waals surface area contributed by atoms with Gasteiger partial charge in [-0.3, -0.25) is 19.5 Å². The van der Waals surface area contributed by atoms with Crippen LogP contribution in [-0.4, -0.2) is 91.0 Å². The van der Waals surface area contributed by atoms with Gasteiger partial charge in [0, 0.05) is 18.0 Å². The van der Waals surface area contributed by atoms with Gasteiger partial charge >= 0.3 is 34.6 Å². The Balaban J connectivity index is 1.64. The highest BCUT2D eigenvalue weighted by molar-refractivity contribution is 7.80. The van der Waals surface area contributed by atoms with Crippen molar-refractivity contribution in [2.45, 2.75) is 90.8 Å². The number of aryl methyl sites for hydroxylation is 1. The van der Waals surface area contributed by atoms with Crippen LogP contribution in [0.1, 0.15) is 83.7 Å². The monoisotopic (exact) mass is 729 g/mol. The maximum absolute atomic E-state index is 13.5. The van der Waals surface area contributed by atoms with Crippen molar-refractivity contribution < 1.29 is 50.7 Å². The number of carbonyl (C=O) groups excluding carboxylic acids is 4. The first-order valence-electron chi connectivity index (χ1n) is 14.7. The smallest absolute Gasteiger partial charge is 0.432 e. The van der Waals surface area contributed by atoms with E-state index in [1.54, 1.807) is 54.0 Å². The Hall–Kier alpha value is -4.54. The maximum Gasteiger partial charge on any atom is 0.432 e. The van der Waals surface area contributed by atoms with E-state index in [4.69, 9.17) is 14.3 Å². The first-order valence-corrected chi connectivity index (χ1v) is 16.9. The van der Waals surface area contributed by atoms with Gasteiger partial charge in [0.1, 0.15) is 39.7 Å². The summed E-state index contributed by atoms with van der Waals surface area (Å²) in [6.45, 7) is 12.7. The fourth-order valence-electron chi connectivity index (χ4n) is 4.72. The average molecular weight is 730 g/mol. The maximum atomic E-state index is 13.5. The quantitative estimate of drug-likeness (QED) is 0.0763. The summed E-state index contributed by atoms with van der Waals surface area (Å²) in [5.41, 5.74) is 0.0968. The molecule has 270 valence electrons. The van der Waals surface area contributed by atoms with E-state index in [2.05, 4.69) is 35.5 Å². The fraction of sp³-hybridized carbons (Fsp3) is 0.593. The minimum Gasteiger partial charge on any atom is -0.458 e. The molecule has 2 aromatic heterocycles. The van der Waals surface area contributed by atoms with Gasteiger partial charge < -0.3 is 24.5 Å². The number of carbonyl (C=O) groups is 4. The molecule has 4 amide bonds. The van der Waals surface area contributed by atoms with Crippen molar-refractivity contribution in [1.29, 1.82) is 0 Å². The van der Waals surface area contributed by atoms with Crippen LogP contribution in [0.15, 0.2) is 16.6 Å². The lowest BCUT2D eigenvalue weighted by atomic mass is 9.97. The zero-order valence-electron chi connectivity index (χ0n) is 28.3. The highest BCUT2D eigenvalue weighted by Crippen LogP contribution is 2.44. The third kappa shape index (κ3) is 9.33. The van der Waals surface area contributed by atoms with E-state index in [0.29, 0.717) is 21.3 Å². The van der Waals surface area contributed by atoms with Crippen LogP contribution >= 0.6 is 11.3 Å². The molecule has 0 aliphatic carbocycles. The van der Waals surface area contributed by atoms with E-state index < -0.39 is 63.4 Å². The van der Waals surface area contributed by atoms with Crippen LogP contribution < -0.4 is 16.1 Å². The SMILES string of the molecule is Cn1ncc2c1[C@@H](C(=NCc1nc(NC(=O)OC(C)(C)C)cs1)NOC(=O)NC(C)(C)C(=O)OC(C)(C)C)N1C[C@@H]2N(OS(=O)(=O)O)C1=O. The molecule has 2 atom stereocenters. The van der Waals surface area contributed by atoms with E-state index in [0.717, 1.165) is 11.3 Å². The van der Waals surface area contributed by atoms with Crippen molar-refractivity contribution in [3.8, 4) is 0 Å². The molecular weight excluding hydrogens is 690 g/mol. The number of urea groups is 1. The molecule has 22 heteroatoms. The van der Waals surface area contributed by atoms with Crippen molar-refractivity contribution in [2.24, 2.45) is 12.0 Å². The molecule has 1 saturated heterocycles. The fourth-order valence-corrected chi connectivity index (χ4v) is 5.74. The Morgan fingerprint density at radius 2 is 1.73 bits per heavy atom. The summed E-state index contributed by atoms with van der Waals surface area (Å²) in [5, 5.41) is 11.6. The topological polar surface area (TPSA) is 245 Å². The normalized spacial score (nSPS) is 18.2. The summed E-state index contributed by atoms with van der Waals surface area (Å²) in [6, 6.07) is -3.09. The van der Waals surface area contributed by atoms with E-state index in [-0.39, 0.29) is 24.7 Å². The molecule has 1 fully saturated rings. The van der Waals surface area contributed by atoms with Crippen LogP contribution in [-0.2, 0) is 47.4 Å². The van der Waals surface area contributed by atoms with Crippen LogP contribution in [0.25, 0.3) is 0 Å². The van der Waals surface area contributed by atoms with Gasteiger partial charge in [-0.15, -0.1) is 15.6 Å². The van der Waals surface area contributed by atoms with Crippen molar-refractivity contribution >= 4 is 57.6 Å². The van der Waals surface area contributed by atoms with Gasteiger partial charge in [-0.25, -0.2) is 29.6 Å². The molecule has 4 rings (SSSR count). The molecular formula is C27H39N9O11S2. The molecule has 0 aromatic carbocycles. The van der Waals surface area contributed by atoms with Crippen molar-refractivity contribution in [3.63, 3.8) is 0 Å². The number of hydrogen-bond donors (Lipinski definition) is 4. The molecule has 49 heavy (non-hydrogen) atoms. The zero-order chi connectivity index (χ0) is 36.7. The summed E-state index contributed by atoms with van der Waals surface area (Å²) in [4.78, 5) is 66.6. The predicted octanol–water partition coefficient (Wildman–Crippen LogP) is 2.74. The van der Waals surface area contributed by atoms with Gasteiger partial charge in [0.2, 0.25) is 0 Å². The number of thiazole rings is 1. The number of amides is 4. The molecule has 0 spiro atoms. The van der Waals surface area contributed by atoms with Crippen LogP contribution in [0.2, 0.25) is 0 Å². The minimum absolute atomic E-state index is 0.127. The van der Waals surface area contributed by atoms with Gasteiger partial charge in [-0.05, 0) is 55.4 Å². The number of amidine groups is 1. The average Bonchev–Trinajstić information content (AvgIpc) is 3.60. The highest BCUT2D eigenvalue weighted by Gasteiger charge is 2.53. The lowest BCUT2D eigenvalue weighted by Crippen LogP contribution is -2.54. The zero-order valence-corrected chi connectivity index (χ0v) is 29.9. The van der Waals surface area contributed by atoms with E-state index >= 15 is 0 Å². The Labute approximate surface area is 286 Å². The second-order valence-electron chi connectivity index (χ2n) is 13.5. The Morgan fingerprint density at radius 1 is 1.08 bits per heavy atom. The van der Waals surface area contributed by atoms with E-state index in [1.807, 2.05) is 0 Å². The first-order chi connectivity index (χ1) is 22.4. The number of rotatable bonds is 8. The van der Waals surface area contributed by atoms with Gasteiger partial charge in [-0.1, -0.05) is 0 Å². The number of nitrogens with zero attached hydrogens (tertiary/aromatic N) is 6. The van der Waals surface area contributed by atoms with Gasteiger partial charge in [0.25, 0.3) is 0 Å². The second kappa shape index (κ2) is 13.4. The number of aromatic nitrogens is 3. The first kappa shape index (κ1) is 37.3. The molecule has 2 aliphatic heterocycles. The molecule has 2 aliphatic rings. The highest BCUT2D eigenvalue weighted by atomic mass is 32.3. The van der Waals surface area contributed by atoms with Crippen molar-refractivity contribution in [2.75, 3.05) is 11.9 Å². The predicted molar refractivity (Wildman–Crippen MR) is 171 cm³/mol. The van der Waals surface area contributed by atoms with Crippen LogP contribution in [0, 0.1) is 0 Å². The number of esters is 1. The molecule has 0 saturated carbocycles. The summed E-state index contributed by atoms with van der Waals surface area (Å²) in [5.74, 6) is -0.668. The molecule has 4 N–H and O–H groups in total. The number of hydrogen-bond acceptors (Lipinski definition) is 14. The van der Waals surface area contributed by atoms with Gasteiger partial charge in [0.15, 0.2) is 5.84 Å². The molecule has 2 bridgehead atoms. The Morgan fingerprint density at radius 3 is 2.35 bits per heavy atom. The largest absolute Gasteiger partial charge is 0.458 e. The number of ether oxygens (including phenoxy) is 2. The number of hydroxylamine groups is 3. The molecule has 2 aromatic rings. The number of nitrogens with one attached hydrogen (secondary N) is 3. The van der Waals surface area contributed by atoms with Crippen LogP contribution in [0.3, 0.4) is 0 Å². The lowest BCUT2D eigenvalue weighted by Gasteiger charge is -2.32. The Kier molecular flexibility index (Phi) is 10.2. The molecule has 0 radical (unpaired) electrons.